The van der Waals surface area contributed by atoms with E-state index in [9.17, 15) is 18.0 Å². The molecule has 5 heteroatoms. The van der Waals surface area contributed by atoms with Gasteiger partial charge in [-0.1, -0.05) is 26.0 Å². The summed E-state index contributed by atoms with van der Waals surface area (Å²) in [6.07, 6.45) is -4.78. The molecule has 1 aromatic rings. The summed E-state index contributed by atoms with van der Waals surface area (Å²) in [4.78, 5) is 11.6. The van der Waals surface area contributed by atoms with Crippen LogP contribution in [0.5, 0.6) is 5.75 Å². The van der Waals surface area contributed by atoms with Crippen LogP contribution < -0.4 is 4.74 Å². The van der Waals surface area contributed by atoms with E-state index in [1.165, 1.54) is 18.2 Å². The van der Waals surface area contributed by atoms with Crippen LogP contribution in [0.4, 0.5) is 13.2 Å². The first kappa shape index (κ1) is 12.5. The van der Waals surface area contributed by atoms with Crippen LogP contribution in [0, 0.1) is 5.92 Å². The topological polar surface area (TPSA) is 26.3 Å². The van der Waals surface area contributed by atoms with Crippen LogP contribution in [0.25, 0.3) is 0 Å². The lowest BCUT2D eigenvalue weighted by molar-refractivity contribution is -0.274. The molecule has 16 heavy (non-hydrogen) atoms. The molecule has 0 aliphatic heterocycles. The summed E-state index contributed by atoms with van der Waals surface area (Å²) < 4.78 is 39.9. The third-order valence-electron chi connectivity index (χ3n) is 1.90. The van der Waals surface area contributed by atoms with Crippen molar-refractivity contribution < 1.29 is 22.7 Å². The van der Waals surface area contributed by atoms with E-state index in [1.54, 1.807) is 13.8 Å². The molecular formula is C11H11F3O2. The van der Waals surface area contributed by atoms with Crippen molar-refractivity contribution in [2.45, 2.75) is 20.2 Å². The standard InChI is InChI=1S/C11H11F3O2/c1-7(2)10(15)8-5-3-4-6-9(8)16-11(12,13)14/h3-7H,1-2H3. The molecule has 1 rings (SSSR count). The van der Waals surface area contributed by atoms with Crippen molar-refractivity contribution in [1.82, 2.24) is 0 Å². The van der Waals surface area contributed by atoms with Gasteiger partial charge in [-0.15, -0.1) is 13.2 Å². The second-order valence-corrected chi connectivity index (χ2v) is 3.56. The molecule has 0 saturated carbocycles. The summed E-state index contributed by atoms with van der Waals surface area (Å²) in [5, 5.41) is 0. The van der Waals surface area contributed by atoms with Gasteiger partial charge in [0.15, 0.2) is 5.78 Å². The van der Waals surface area contributed by atoms with E-state index in [0.29, 0.717) is 0 Å². The number of rotatable bonds is 3. The van der Waals surface area contributed by atoms with E-state index >= 15 is 0 Å². The van der Waals surface area contributed by atoms with Crippen LogP contribution in [-0.2, 0) is 0 Å². The molecule has 0 amide bonds. The van der Waals surface area contributed by atoms with E-state index in [-0.39, 0.29) is 17.3 Å². The van der Waals surface area contributed by atoms with Gasteiger partial charge in [0.25, 0.3) is 0 Å². The summed E-state index contributed by atoms with van der Waals surface area (Å²) in [5.74, 6) is -1.20. The third kappa shape index (κ3) is 3.25. The van der Waals surface area contributed by atoms with E-state index in [1.807, 2.05) is 0 Å². The van der Waals surface area contributed by atoms with Crippen LogP contribution in [0.1, 0.15) is 24.2 Å². The maximum absolute atomic E-state index is 12.1. The summed E-state index contributed by atoms with van der Waals surface area (Å²) in [7, 11) is 0. The molecule has 0 fully saturated rings. The Bertz CT molecular complexity index is 383. The van der Waals surface area contributed by atoms with Gasteiger partial charge in [-0.25, -0.2) is 0 Å². The number of halogens is 3. The molecule has 88 valence electrons. The molecule has 0 N–H and O–H groups in total. The quantitative estimate of drug-likeness (QED) is 0.746. The first-order valence-electron chi connectivity index (χ1n) is 4.70. The van der Waals surface area contributed by atoms with Crippen LogP contribution in [0.3, 0.4) is 0 Å². The van der Waals surface area contributed by atoms with Gasteiger partial charge in [-0.05, 0) is 12.1 Å². The average molecular weight is 232 g/mol. The molecule has 0 aromatic heterocycles. The fourth-order valence-electron chi connectivity index (χ4n) is 1.19. The first-order chi connectivity index (χ1) is 7.31. The van der Waals surface area contributed by atoms with Gasteiger partial charge >= 0.3 is 6.36 Å². The average Bonchev–Trinajstić information content (AvgIpc) is 2.15. The van der Waals surface area contributed by atoms with Crippen LogP contribution in [0.2, 0.25) is 0 Å². The molecule has 2 nitrogen and oxygen atoms in total. The number of carbonyl (C=O) groups excluding carboxylic acids is 1. The highest BCUT2D eigenvalue weighted by Gasteiger charge is 2.32. The van der Waals surface area contributed by atoms with E-state index < -0.39 is 12.1 Å². The largest absolute Gasteiger partial charge is 0.573 e. The molecule has 1 aromatic carbocycles. The number of hydrogen-bond acceptors (Lipinski definition) is 2. The van der Waals surface area contributed by atoms with Crippen molar-refractivity contribution in [3.63, 3.8) is 0 Å². The number of para-hydroxylation sites is 1. The lowest BCUT2D eigenvalue weighted by Crippen LogP contribution is -2.20. The van der Waals surface area contributed by atoms with Crippen molar-refractivity contribution in [2.75, 3.05) is 0 Å². The monoisotopic (exact) mass is 232 g/mol. The number of carbonyl (C=O) groups is 1. The molecule has 0 atom stereocenters. The van der Waals surface area contributed by atoms with Gasteiger partial charge in [-0.2, -0.15) is 0 Å². The summed E-state index contributed by atoms with van der Waals surface area (Å²) in [5.41, 5.74) is -0.0465. The highest BCUT2D eigenvalue weighted by atomic mass is 19.4. The normalized spacial score (nSPS) is 11.6. The second kappa shape index (κ2) is 4.55. The Kier molecular flexibility index (Phi) is 3.57. The predicted molar refractivity (Wildman–Crippen MR) is 52.3 cm³/mol. The van der Waals surface area contributed by atoms with Gasteiger partial charge in [0.2, 0.25) is 0 Å². The van der Waals surface area contributed by atoms with Crippen molar-refractivity contribution in [3.05, 3.63) is 29.8 Å². The molecule has 0 aliphatic rings. The van der Waals surface area contributed by atoms with Gasteiger partial charge in [0.05, 0.1) is 5.56 Å². The molecular weight excluding hydrogens is 221 g/mol. The third-order valence-corrected chi connectivity index (χ3v) is 1.90. The highest BCUT2D eigenvalue weighted by Crippen LogP contribution is 2.27. The van der Waals surface area contributed by atoms with Gasteiger partial charge in [-0.3, -0.25) is 4.79 Å². The number of ether oxygens (including phenoxy) is 1. The molecule has 0 bridgehead atoms. The zero-order valence-electron chi connectivity index (χ0n) is 8.84. The lowest BCUT2D eigenvalue weighted by Gasteiger charge is -2.13. The summed E-state index contributed by atoms with van der Waals surface area (Å²) in [6.45, 7) is 3.24. The SMILES string of the molecule is CC(C)C(=O)c1ccccc1OC(F)(F)F. The predicted octanol–water partition coefficient (Wildman–Crippen LogP) is 3.42. The minimum atomic E-state index is -4.78. The van der Waals surface area contributed by atoms with E-state index in [4.69, 9.17) is 0 Å². The molecule has 0 aliphatic carbocycles. The Morgan fingerprint density at radius 2 is 1.81 bits per heavy atom. The summed E-state index contributed by atoms with van der Waals surface area (Å²) >= 11 is 0. The second-order valence-electron chi connectivity index (χ2n) is 3.56. The molecule has 0 heterocycles. The molecule has 0 radical (unpaired) electrons. The molecule has 0 saturated heterocycles. The summed E-state index contributed by atoms with van der Waals surface area (Å²) in [6, 6.07) is 5.34. The smallest absolute Gasteiger partial charge is 0.405 e. The number of Topliss-reactive ketones (excluding diaryl/α,β-unsaturated/α-hetero) is 1. The van der Waals surface area contributed by atoms with Crippen LogP contribution in [-0.4, -0.2) is 12.1 Å². The Morgan fingerprint density at radius 1 is 1.25 bits per heavy atom. The van der Waals surface area contributed by atoms with E-state index in [0.717, 1.165) is 6.07 Å². The Hall–Kier alpha value is -1.52. The Labute approximate surface area is 91.0 Å². The fraction of sp³-hybridized carbons (Fsp3) is 0.364. The minimum absolute atomic E-state index is 0.0465. The highest BCUT2D eigenvalue weighted by molar-refractivity contribution is 5.99. The Balaban J connectivity index is 3.06. The van der Waals surface area contributed by atoms with Crippen molar-refractivity contribution >= 4 is 5.78 Å². The van der Waals surface area contributed by atoms with Crippen LogP contribution >= 0.6 is 0 Å². The lowest BCUT2D eigenvalue weighted by atomic mass is 10.0. The zero-order valence-corrected chi connectivity index (χ0v) is 8.84. The number of ketones is 1. The number of hydrogen-bond donors (Lipinski definition) is 0. The maximum Gasteiger partial charge on any atom is 0.573 e. The number of benzene rings is 1. The fourth-order valence-corrected chi connectivity index (χ4v) is 1.19. The van der Waals surface area contributed by atoms with Crippen LogP contribution in [0.15, 0.2) is 24.3 Å². The Morgan fingerprint density at radius 3 is 2.31 bits per heavy atom. The van der Waals surface area contributed by atoms with Crippen molar-refractivity contribution in [2.24, 2.45) is 5.92 Å². The van der Waals surface area contributed by atoms with E-state index in [2.05, 4.69) is 4.74 Å². The number of alkyl halides is 3. The van der Waals surface area contributed by atoms with Gasteiger partial charge in [0, 0.05) is 5.92 Å². The molecule has 0 unspecified atom stereocenters. The maximum atomic E-state index is 12.1. The first-order valence-corrected chi connectivity index (χ1v) is 4.70. The van der Waals surface area contributed by atoms with Gasteiger partial charge in [0.1, 0.15) is 5.75 Å². The van der Waals surface area contributed by atoms with Crippen molar-refractivity contribution in [1.29, 1.82) is 0 Å². The van der Waals surface area contributed by atoms with Gasteiger partial charge < -0.3 is 4.74 Å². The molecule has 0 spiro atoms. The minimum Gasteiger partial charge on any atom is -0.405 e. The van der Waals surface area contributed by atoms with Crippen molar-refractivity contribution in [3.8, 4) is 5.75 Å². The zero-order chi connectivity index (χ0) is 12.3.